The van der Waals surface area contributed by atoms with E-state index in [2.05, 4.69) is 5.32 Å². The topological polar surface area (TPSA) is 46.2 Å². The van der Waals surface area contributed by atoms with Gasteiger partial charge in [-0.1, -0.05) is 12.1 Å². The van der Waals surface area contributed by atoms with Crippen LogP contribution in [0.4, 0.5) is 0 Å². The van der Waals surface area contributed by atoms with Crippen molar-refractivity contribution in [3.8, 4) is 0 Å². The zero-order valence-corrected chi connectivity index (χ0v) is 12.4. The normalized spacial score (nSPS) is 20.2. The Morgan fingerprint density at radius 2 is 2.00 bits per heavy atom. The van der Waals surface area contributed by atoms with Gasteiger partial charge in [-0.25, -0.2) is 8.42 Å². The van der Waals surface area contributed by atoms with E-state index < -0.39 is 9.84 Å². The maximum absolute atomic E-state index is 12.5. The molecule has 1 atom stereocenters. The van der Waals surface area contributed by atoms with Crippen LogP contribution in [-0.2, 0) is 9.84 Å². The van der Waals surface area contributed by atoms with Crippen molar-refractivity contribution in [2.24, 2.45) is 0 Å². The first-order valence-corrected chi connectivity index (χ1v) is 7.59. The fraction of sp³-hybridized carbons (Fsp3) is 0.538. The second-order valence-electron chi connectivity index (χ2n) is 4.71. The molecule has 0 bridgehead atoms. The van der Waals surface area contributed by atoms with E-state index in [-0.39, 0.29) is 17.7 Å². The monoisotopic (exact) mass is 289 g/mol. The number of sulfone groups is 1. The molecule has 1 aliphatic heterocycles. The number of halogens is 1. The van der Waals surface area contributed by atoms with Crippen LogP contribution < -0.4 is 5.32 Å². The van der Waals surface area contributed by atoms with Crippen molar-refractivity contribution in [3.63, 3.8) is 0 Å². The van der Waals surface area contributed by atoms with Gasteiger partial charge in [-0.2, -0.15) is 0 Å². The van der Waals surface area contributed by atoms with Gasteiger partial charge < -0.3 is 5.32 Å². The molecule has 1 aromatic rings. The van der Waals surface area contributed by atoms with Crippen molar-refractivity contribution in [1.29, 1.82) is 0 Å². The van der Waals surface area contributed by atoms with Gasteiger partial charge in [-0.3, -0.25) is 0 Å². The standard InChI is InChI=1S/C13H19NO2S.ClH/c1-10-5-3-7-13(11(10)2)17(15,16)12-6-4-8-14-9-12;/h3,5,7,12,14H,4,6,8-9H2,1-2H3;1H. The summed E-state index contributed by atoms with van der Waals surface area (Å²) in [5.74, 6) is 0. The first kappa shape index (κ1) is 15.5. The number of piperidine rings is 1. The lowest BCUT2D eigenvalue weighted by atomic mass is 10.1. The van der Waals surface area contributed by atoms with Gasteiger partial charge in [-0.15, -0.1) is 12.4 Å². The molecule has 0 amide bonds. The molecule has 102 valence electrons. The first-order chi connectivity index (χ1) is 8.03. The molecule has 1 saturated heterocycles. The number of aryl methyl sites for hydroxylation is 1. The van der Waals surface area contributed by atoms with Crippen LogP contribution in [0.2, 0.25) is 0 Å². The molecular weight excluding hydrogens is 270 g/mol. The van der Waals surface area contributed by atoms with Crippen molar-refractivity contribution >= 4 is 22.2 Å². The molecule has 1 N–H and O–H groups in total. The van der Waals surface area contributed by atoms with E-state index in [1.54, 1.807) is 6.07 Å². The third-order valence-corrected chi connectivity index (χ3v) is 5.89. The minimum Gasteiger partial charge on any atom is -0.315 e. The molecule has 0 aliphatic carbocycles. The molecule has 1 heterocycles. The van der Waals surface area contributed by atoms with E-state index in [1.807, 2.05) is 26.0 Å². The van der Waals surface area contributed by atoms with Gasteiger partial charge in [0.1, 0.15) is 0 Å². The van der Waals surface area contributed by atoms with E-state index in [0.717, 1.165) is 30.5 Å². The Hall–Kier alpha value is -0.580. The number of nitrogens with one attached hydrogen (secondary N) is 1. The lowest BCUT2D eigenvalue weighted by Crippen LogP contribution is -2.39. The number of benzene rings is 1. The lowest BCUT2D eigenvalue weighted by Gasteiger charge is -2.23. The Bertz CT molecular complexity index is 508. The highest BCUT2D eigenvalue weighted by molar-refractivity contribution is 7.92. The summed E-state index contributed by atoms with van der Waals surface area (Å²) in [5.41, 5.74) is 1.92. The van der Waals surface area contributed by atoms with E-state index in [0.29, 0.717) is 11.4 Å². The van der Waals surface area contributed by atoms with E-state index in [9.17, 15) is 8.42 Å². The highest BCUT2D eigenvalue weighted by Crippen LogP contribution is 2.25. The van der Waals surface area contributed by atoms with Crippen LogP contribution in [0.1, 0.15) is 24.0 Å². The average molecular weight is 290 g/mol. The van der Waals surface area contributed by atoms with Crippen LogP contribution in [0.15, 0.2) is 23.1 Å². The van der Waals surface area contributed by atoms with Crippen molar-refractivity contribution < 1.29 is 8.42 Å². The quantitative estimate of drug-likeness (QED) is 0.908. The van der Waals surface area contributed by atoms with Crippen molar-refractivity contribution in [3.05, 3.63) is 29.3 Å². The summed E-state index contributed by atoms with van der Waals surface area (Å²) < 4.78 is 25.0. The SMILES string of the molecule is Cc1cccc(S(=O)(=O)C2CCCNC2)c1C.Cl. The Morgan fingerprint density at radius 1 is 1.28 bits per heavy atom. The second-order valence-corrected chi connectivity index (χ2v) is 6.91. The van der Waals surface area contributed by atoms with Crippen molar-refractivity contribution in [2.45, 2.75) is 36.8 Å². The molecule has 2 rings (SSSR count). The average Bonchev–Trinajstić information content (AvgIpc) is 2.33. The Labute approximate surface area is 115 Å². The summed E-state index contributed by atoms with van der Waals surface area (Å²) in [6, 6.07) is 5.51. The van der Waals surface area contributed by atoms with E-state index >= 15 is 0 Å². The molecule has 1 aliphatic rings. The molecule has 0 spiro atoms. The molecular formula is C13H20ClNO2S. The van der Waals surface area contributed by atoms with Gasteiger partial charge in [0, 0.05) is 6.54 Å². The third-order valence-electron chi connectivity index (χ3n) is 3.55. The molecule has 1 aromatic carbocycles. The number of hydrogen-bond donors (Lipinski definition) is 1. The van der Waals surface area contributed by atoms with Gasteiger partial charge >= 0.3 is 0 Å². The van der Waals surface area contributed by atoms with Gasteiger partial charge in [0.25, 0.3) is 0 Å². The maximum atomic E-state index is 12.5. The summed E-state index contributed by atoms with van der Waals surface area (Å²) in [4.78, 5) is 0.506. The summed E-state index contributed by atoms with van der Waals surface area (Å²) >= 11 is 0. The van der Waals surface area contributed by atoms with Crippen molar-refractivity contribution in [2.75, 3.05) is 13.1 Å². The largest absolute Gasteiger partial charge is 0.315 e. The molecule has 1 fully saturated rings. The maximum Gasteiger partial charge on any atom is 0.182 e. The number of hydrogen-bond acceptors (Lipinski definition) is 3. The third kappa shape index (κ3) is 2.87. The van der Waals surface area contributed by atoms with Crippen LogP contribution in [0.5, 0.6) is 0 Å². The summed E-state index contributed by atoms with van der Waals surface area (Å²) in [7, 11) is -3.18. The highest BCUT2D eigenvalue weighted by Gasteiger charge is 2.30. The summed E-state index contributed by atoms with van der Waals surface area (Å²) in [5, 5.41) is 2.90. The minimum absolute atomic E-state index is 0. The molecule has 3 nitrogen and oxygen atoms in total. The van der Waals surface area contributed by atoms with Crippen LogP contribution in [0, 0.1) is 13.8 Å². The van der Waals surface area contributed by atoms with Gasteiger partial charge in [0.15, 0.2) is 9.84 Å². The van der Waals surface area contributed by atoms with Crippen LogP contribution >= 0.6 is 12.4 Å². The highest BCUT2D eigenvalue weighted by atomic mass is 35.5. The lowest BCUT2D eigenvalue weighted by molar-refractivity contribution is 0.496. The van der Waals surface area contributed by atoms with Crippen molar-refractivity contribution in [1.82, 2.24) is 5.32 Å². The fourth-order valence-corrected chi connectivity index (χ4v) is 4.33. The fourth-order valence-electron chi connectivity index (χ4n) is 2.30. The first-order valence-electron chi connectivity index (χ1n) is 6.04. The van der Waals surface area contributed by atoms with Crippen LogP contribution in [-0.4, -0.2) is 26.8 Å². The predicted octanol–water partition coefficient (Wildman–Crippen LogP) is 2.25. The summed E-state index contributed by atoms with van der Waals surface area (Å²) in [6.07, 6.45) is 1.71. The number of rotatable bonds is 2. The smallest absolute Gasteiger partial charge is 0.182 e. The second kappa shape index (κ2) is 6.04. The van der Waals surface area contributed by atoms with Crippen LogP contribution in [0.25, 0.3) is 0 Å². The molecule has 0 radical (unpaired) electrons. The molecule has 5 heteroatoms. The summed E-state index contributed by atoms with van der Waals surface area (Å²) in [6.45, 7) is 5.35. The Balaban J connectivity index is 0.00000162. The zero-order valence-electron chi connectivity index (χ0n) is 10.8. The molecule has 18 heavy (non-hydrogen) atoms. The Kier molecular flexibility index (Phi) is 5.20. The van der Waals surface area contributed by atoms with E-state index in [4.69, 9.17) is 0 Å². The Morgan fingerprint density at radius 3 is 2.61 bits per heavy atom. The van der Waals surface area contributed by atoms with E-state index in [1.165, 1.54) is 0 Å². The van der Waals surface area contributed by atoms with Gasteiger partial charge in [-0.05, 0) is 50.4 Å². The molecule has 0 aromatic heterocycles. The minimum atomic E-state index is -3.18. The molecule has 1 unspecified atom stereocenters. The van der Waals surface area contributed by atoms with Gasteiger partial charge in [0.05, 0.1) is 10.1 Å². The van der Waals surface area contributed by atoms with Gasteiger partial charge in [0.2, 0.25) is 0 Å². The zero-order chi connectivity index (χ0) is 12.5. The molecule has 0 saturated carbocycles. The predicted molar refractivity (Wildman–Crippen MR) is 76.2 cm³/mol. The van der Waals surface area contributed by atoms with Crippen LogP contribution in [0.3, 0.4) is 0 Å².